The molecule has 1 aliphatic carbocycles. The Morgan fingerprint density at radius 2 is 2.06 bits per heavy atom. The average Bonchev–Trinajstić information content (AvgIpc) is 3.35. The number of rotatable bonds is 9. The predicted molar refractivity (Wildman–Crippen MR) is 105 cm³/mol. The van der Waals surface area contributed by atoms with E-state index in [1.54, 1.807) is 13.8 Å². The highest BCUT2D eigenvalue weighted by atomic mass is 35.5. The quantitative estimate of drug-likeness (QED) is 0.347. The number of nitrogens with zero attached hydrogens (tertiary/aromatic N) is 5. The van der Waals surface area contributed by atoms with Gasteiger partial charge in [0.05, 0.1) is 40.0 Å². The maximum Gasteiger partial charge on any atom is 0.436 e. The number of aryl methyl sites for hydroxylation is 2. The molecule has 0 aliphatic heterocycles. The summed E-state index contributed by atoms with van der Waals surface area (Å²) in [5.74, 6) is -1.08. The van der Waals surface area contributed by atoms with Gasteiger partial charge < -0.3 is 15.4 Å². The predicted octanol–water partition coefficient (Wildman–Crippen LogP) is 3.69. The Morgan fingerprint density at radius 1 is 1.39 bits per heavy atom. The van der Waals surface area contributed by atoms with Gasteiger partial charge in [-0.3, -0.25) is 9.48 Å². The van der Waals surface area contributed by atoms with Gasteiger partial charge in [-0.05, 0) is 31.1 Å². The average molecular weight is 463 g/mol. The number of hydrogen-bond acceptors (Lipinski definition) is 5. The van der Waals surface area contributed by atoms with Crippen LogP contribution in [0.25, 0.3) is 0 Å². The molecule has 0 spiro atoms. The van der Waals surface area contributed by atoms with Crippen LogP contribution < -0.4 is 5.32 Å². The summed E-state index contributed by atoms with van der Waals surface area (Å²) >= 11 is 5.94. The van der Waals surface area contributed by atoms with Crippen LogP contribution in [0.3, 0.4) is 0 Å². The minimum absolute atomic E-state index is 0.00733. The van der Waals surface area contributed by atoms with Gasteiger partial charge in [-0.15, -0.1) is 0 Å². The molecule has 170 valence electrons. The van der Waals surface area contributed by atoms with Gasteiger partial charge in [0.15, 0.2) is 5.69 Å². The lowest BCUT2D eigenvalue weighted by molar-refractivity contribution is -0.389. The van der Waals surface area contributed by atoms with Gasteiger partial charge in [-0.2, -0.15) is 23.0 Å². The SMILES string of the molecule is Cc1cc([N+](=O)[O-])nn1CC(C)C(=O)NCCCn1nc(C(F)(F)F)c(Cl)c1C1CC1. The monoisotopic (exact) mass is 462 g/mol. The molecule has 31 heavy (non-hydrogen) atoms. The third-order valence-electron chi connectivity index (χ3n) is 5.06. The highest BCUT2D eigenvalue weighted by molar-refractivity contribution is 6.32. The van der Waals surface area contributed by atoms with Crippen molar-refractivity contribution in [2.24, 2.45) is 5.92 Å². The molecular weight excluding hydrogens is 441 g/mol. The second kappa shape index (κ2) is 8.85. The first-order chi connectivity index (χ1) is 14.5. The van der Waals surface area contributed by atoms with Crippen molar-refractivity contribution in [2.45, 2.75) is 58.3 Å². The van der Waals surface area contributed by atoms with Crippen LogP contribution in [0.5, 0.6) is 0 Å². The Hall–Kier alpha value is -2.63. The molecule has 3 rings (SSSR count). The lowest BCUT2D eigenvalue weighted by Gasteiger charge is -2.12. The number of hydrogen-bond donors (Lipinski definition) is 1. The first-order valence-corrected chi connectivity index (χ1v) is 10.2. The molecule has 2 aromatic rings. The Kier molecular flexibility index (Phi) is 6.58. The molecular formula is C18H22ClF3N6O3. The Bertz CT molecular complexity index is 983. The molecule has 1 N–H and O–H groups in total. The number of carbonyl (C=O) groups is 1. The molecule has 9 nitrogen and oxygen atoms in total. The number of nitro groups is 1. The molecule has 0 aromatic carbocycles. The van der Waals surface area contributed by atoms with E-state index in [1.807, 2.05) is 0 Å². The van der Waals surface area contributed by atoms with Crippen LogP contribution in [-0.4, -0.2) is 36.9 Å². The van der Waals surface area contributed by atoms with Gasteiger partial charge in [0.1, 0.15) is 0 Å². The summed E-state index contributed by atoms with van der Waals surface area (Å²) in [6.45, 7) is 3.93. The fraction of sp³-hybridized carbons (Fsp3) is 0.611. The standard InChI is InChI=1S/C18H22ClF3N6O3/c1-10(9-27-11(2)8-13(24-27)28(30)31)17(29)23-6-3-7-26-15(12-4-5-12)14(19)16(25-26)18(20,21)22/h8,10,12H,3-7,9H2,1-2H3,(H,23,29). The van der Waals surface area contributed by atoms with Gasteiger partial charge >= 0.3 is 12.0 Å². The van der Waals surface area contributed by atoms with E-state index >= 15 is 0 Å². The normalized spacial score (nSPS) is 15.2. The summed E-state index contributed by atoms with van der Waals surface area (Å²) < 4.78 is 42.0. The molecule has 0 bridgehead atoms. The van der Waals surface area contributed by atoms with E-state index in [1.165, 1.54) is 15.4 Å². The van der Waals surface area contributed by atoms with Crippen molar-refractivity contribution in [3.05, 3.63) is 38.3 Å². The zero-order valence-electron chi connectivity index (χ0n) is 16.9. The van der Waals surface area contributed by atoms with Crippen molar-refractivity contribution in [2.75, 3.05) is 6.54 Å². The molecule has 1 aliphatic rings. The van der Waals surface area contributed by atoms with E-state index in [0.717, 1.165) is 12.8 Å². The first-order valence-electron chi connectivity index (χ1n) is 9.79. The number of carbonyl (C=O) groups excluding carboxylic acids is 1. The van der Waals surface area contributed by atoms with E-state index in [2.05, 4.69) is 15.5 Å². The molecule has 1 saturated carbocycles. The molecule has 2 aromatic heterocycles. The van der Waals surface area contributed by atoms with Crippen LogP contribution in [0.4, 0.5) is 19.0 Å². The third-order valence-corrected chi connectivity index (χ3v) is 5.43. The van der Waals surface area contributed by atoms with Crippen molar-refractivity contribution >= 4 is 23.3 Å². The smallest absolute Gasteiger partial charge is 0.358 e. The van der Waals surface area contributed by atoms with E-state index in [-0.39, 0.29) is 42.3 Å². The summed E-state index contributed by atoms with van der Waals surface area (Å²) in [7, 11) is 0. The van der Waals surface area contributed by atoms with E-state index in [9.17, 15) is 28.1 Å². The van der Waals surface area contributed by atoms with Crippen LogP contribution in [0.2, 0.25) is 5.02 Å². The second-order valence-corrected chi connectivity index (χ2v) is 8.05. The fourth-order valence-corrected chi connectivity index (χ4v) is 3.67. The van der Waals surface area contributed by atoms with E-state index in [0.29, 0.717) is 17.8 Å². The zero-order valence-corrected chi connectivity index (χ0v) is 17.7. The van der Waals surface area contributed by atoms with Crippen LogP contribution in [0, 0.1) is 23.0 Å². The van der Waals surface area contributed by atoms with Gasteiger partial charge in [-0.25, -0.2) is 0 Å². The zero-order chi connectivity index (χ0) is 22.9. The highest BCUT2D eigenvalue weighted by Gasteiger charge is 2.41. The molecule has 1 atom stereocenters. The van der Waals surface area contributed by atoms with Gasteiger partial charge in [0.25, 0.3) is 0 Å². The Balaban J connectivity index is 1.53. The maximum absolute atomic E-state index is 13.1. The summed E-state index contributed by atoms with van der Waals surface area (Å²) in [6.07, 6.45) is -2.68. The van der Waals surface area contributed by atoms with Crippen LogP contribution >= 0.6 is 11.6 Å². The molecule has 1 unspecified atom stereocenters. The number of nitrogens with one attached hydrogen (secondary N) is 1. The molecule has 2 heterocycles. The maximum atomic E-state index is 13.1. The largest absolute Gasteiger partial charge is 0.436 e. The Labute approximate surface area is 180 Å². The first kappa shape index (κ1) is 23.0. The summed E-state index contributed by atoms with van der Waals surface area (Å²) in [6, 6.07) is 1.33. The van der Waals surface area contributed by atoms with E-state index in [4.69, 9.17) is 11.6 Å². The number of amides is 1. The van der Waals surface area contributed by atoms with Gasteiger partial charge in [-0.1, -0.05) is 18.5 Å². The van der Waals surface area contributed by atoms with Gasteiger partial charge in [0.2, 0.25) is 5.91 Å². The summed E-state index contributed by atoms with van der Waals surface area (Å²) in [4.78, 5) is 22.5. The fourth-order valence-electron chi connectivity index (χ4n) is 3.28. The van der Waals surface area contributed by atoms with Crippen molar-refractivity contribution in [3.8, 4) is 0 Å². The number of halogens is 4. The number of aromatic nitrogens is 4. The van der Waals surface area contributed by atoms with Crippen molar-refractivity contribution in [1.82, 2.24) is 24.9 Å². The third kappa shape index (κ3) is 5.35. The minimum Gasteiger partial charge on any atom is -0.358 e. The second-order valence-electron chi connectivity index (χ2n) is 7.67. The minimum atomic E-state index is -4.62. The lowest BCUT2D eigenvalue weighted by Crippen LogP contribution is -2.33. The van der Waals surface area contributed by atoms with Crippen molar-refractivity contribution < 1.29 is 22.9 Å². The highest BCUT2D eigenvalue weighted by Crippen LogP contribution is 2.46. The summed E-state index contributed by atoms with van der Waals surface area (Å²) in [5.41, 5.74) is -0.100. The lowest BCUT2D eigenvalue weighted by atomic mass is 10.1. The van der Waals surface area contributed by atoms with Crippen molar-refractivity contribution in [1.29, 1.82) is 0 Å². The number of alkyl halides is 3. The molecule has 1 amide bonds. The van der Waals surface area contributed by atoms with E-state index < -0.39 is 22.7 Å². The van der Waals surface area contributed by atoms with Crippen molar-refractivity contribution in [3.63, 3.8) is 0 Å². The Morgan fingerprint density at radius 3 is 2.61 bits per heavy atom. The van der Waals surface area contributed by atoms with Gasteiger partial charge in [0, 0.05) is 19.0 Å². The van der Waals surface area contributed by atoms with Crippen LogP contribution in [-0.2, 0) is 24.1 Å². The van der Waals surface area contributed by atoms with Crippen LogP contribution in [0.1, 0.15) is 49.2 Å². The molecule has 13 heteroatoms. The topological polar surface area (TPSA) is 108 Å². The molecule has 0 saturated heterocycles. The summed E-state index contributed by atoms with van der Waals surface area (Å²) in [5, 5.41) is 20.7. The molecule has 1 fully saturated rings. The van der Waals surface area contributed by atoms with Crippen LogP contribution in [0.15, 0.2) is 6.07 Å². The molecule has 0 radical (unpaired) electrons.